The smallest absolute Gasteiger partial charge is 0.358 e. The molecule has 0 saturated carbocycles. The predicted molar refractivity (Wildman–Crippen MR) is 116 cm³/mol. The van der Waals surface area contributed by atoms with Gasteiger partial charge in [-0.05, 0) is 25.3 Å². The summed E-state index contributed by atoms with van der Waals surface area (Å²) in [5, 5.41) is 22.2. The van der Waals surface area contributed by atoms with E-state index in [1.165, 1.54) is 18.9 Å². The lowest BCUT2D eigenvalue weighted by Gasteiger charge is -2.26. The largest absolute Gasteiger partial charge is 0.491 e. The number of carbonyl (C=O) groups is 1. The maximum absolute atomic E-state index is 11.9. The van der Waals surface area contributed by atoms with Gasteiger partial charge in [-0.1, -0.05) is 41.2 Å². The van der Waals surface area contributed by atoms with Crippen LogP contribution in [0.25, 0.3) is 0 Å². The van der Waals surface area contributed by atoms with Crippen LogP contribution in [0.15, 0.2) is 30.5 Å². The second kappa shape index (κ2) is 8.57. The third kappa shape index (κ3) is 4.13. The van der Waals surface area contributed by atoms with E-state index in [0.29, 0.717) is 22.5 Å². The Bertz CT molecular complexity index is 1150. The van der Waals surface area contributed by atoms with Gasteiger partial charge < -0.3 is 20.1 Å². The van der Waals surface area contributed by atoms with Crippen LogP contribution in [0.2, 0.25) is 0 Å². The fraction of sp³-hybridized carbons (Fsp3) is 0.286. The van der Waals surface area contributed by atoms with Gasteiger partial charge >= 0.3 is 5.97 Å². The third-order valence-corrected chi connectivity index (χ3v) is 5.89. The molecule has 3 aromatic rings. The first kappa shape index (κ1) is 20.6. The SMILES string of the molecule is COc1c(Nc2ncc(C#N)s2)nc(N2CCC[C@H]2c2ccc(C)cc2)nc1C(=O)O. The van der Waals surface area contributed by atoms with Crippen LogP contribution in [0.3, 0.4) is 0 Å². The molecule has 1 aliphatic rings. The first-order valence-electron chi connectivity index (χ1n) is 9.65. The number of aromatic nitrogens is 3. The molecule has 0 radical (unpaired) electrons. The Kier molecular flexibility index (Phi) is 5.68. The Hall–Kier alpha value is -3.71. The van der Waals surface area contributed by atoms with Crippen molar-refractivity contribution in [1.29, 1.82) is 5.26 Å². The van der Waals surface area contributed by atoms with Crippen molar-refractivity contribution in [3.63, 3.8) is 0 Å². The first-order valence-corrected chi connectivity index (χ1v) is 10.5. The highest BCUT2D eigenvalue weighted by atomic mass is 32.1. The molecule has 1 aliphatic heterocycles. The molecular formula is C21H20N6O3S. The highest BCUT2D eigenvalue weighted by Crippen LogP contribution is 2.38. The Morgan fingerprint density at radius 2 is 2.13 bits per heavy atom. The van der Waals surface area contributed by atoms with Gasteiger partial charge in [-0.25, -0.2) is 14.8 Å². The zero-order chi connectivity index (χ0) is 22.0. The topological polar surface area (TPSA) is 124 Å². The Morgan fingerprint density at radius 3 is 2.77 bits per heavy atom. The number of nitriles is 1. The zero-order valence-corrected chi connectivity index (χ0v) is 17.8. The number of aryl methyl sites for hydroxylation is 1. The van der Waals surface area contributed by atoms with Gasteiger partial charge in [0.25, 0.3) is 0 Å². The van der Waals surface area contributed by atoms with Crippen molar-refractivity contribution >= 4 is 34.2 Å². The zero-order valence-electron chi connectivity index (χ0n) is 17.0. The average molecular weight is 436 g/mol. The minimum atomic E-state index is -1.22. The van der Waals surface area contributed by atoms with E-state index in [1.54, 1.807) is 0 Å². The molecule has 10 heteroatoms. The molecule has 31 heavy (non-hydrogen) atoms. The minimum absolute atomic E-state index is 0.0102. The van der Waals surface area contributed by atoms with Crippen LogP contribution in [0.4, 0.5) is 16.9 Å². The molecule has 0 bridgehead atoms. The van der Waals surface area contributed by atoms with Crippen molar-refractivity contribution in [2.24, 2.45) is 0 Å². The fourth-order valence-electron chi connectivity index (χ4n) is 3.62. The van der Waals surface area contributed by atoms with Gasteiger partial charge in [0.1, 0.15) is 10.9 Å². The molecule has 9 nitrogen and oxygen atoms in total. The van der Waals surface area contributed by atoms with E-state index in [2.05, 4.69) is 44.5 Å². The summed E-state index contributed by atoms with van der Waals surface area (Å²) in [6.07, 6.45) is 3.30. The number of carboxylic acids is 1. The molecule has 0 unspecified atom stereocenters. The van der Waals surface area contributed by atoms with Gasteiger partial charge in [0, 0.05) is 6.54 Å². The molecule has 1 fully saturated rings. The molecule has 2 aromatic heterocycles. The quantitative estimate of drug-likeness (QED) is 0.592. The van der Waals surface area contributed by atoms with Crippen LogP contribution in [0.1, 0.15) is 45.4 Å². The average Bonchev–Trinajstić information content (AvgIpc) is 3.43. The summed E-state index contributed by atoms with van der Waals surface area (Å²) < 4.78 is 5.31. The maximum atomic E-state index is 11.9. The van der Waals surface area contributed by atoms with E-state index < -0.39 is 5.97 Å². The summed E-state index contributed by atoms with van der Waals surface area (Å²) in [5.41, 5.74) is 2.07. The van der Waals surface area contributed by atoms with Gasteiger partial charge in [0.15, 0.2) is 22.4 Å². The number of anilines is 3. The van der Waals surface area contributed by atoms with Gasteiger partial charge in [-0.2, -0.15) is 10.2 Å². The summed E-state index contributed by atoms with van der Waals surface area (Å²) in [7, 11) is 1.36. The highest BCUT2D eigenvalue weighted by molar-refractivity contribution is 7.16. The van der Waals surface area contributed by atoms with Crippen molar-refractivity contribution in [3.8, 4) is 11.8 Å². The molecule has 1 aromatic carbocycles. The van der Waals surface area contributed by atoms with Crippen molar-refractivity contribution < 1.29 is 14.6 Å². The molecule has 1 atom stereocenters. The van der Waals surface area contributed by atoms with E-state index in [1.807, 2.05) is 17.9 Å². The molecule has 2 N–H and O–H groups in total. The van der Waals surface area contributed by atoms with Gasteiger partial charge in [0.05, 0.1) is 19.3 Å². The molecular weight excluding hydrogens is 416 g/mol. The van der Waals surface area contributed by atoms with Crippen LogP contribution < -0.4 is 15.0 Å². The first-order chi connectivity index (χ1) is 15.0. The van der Waals surface area contributed by atoms with Crippen LogP contribution >= 0.6 is 11.3 Å². The van der Waals surface area contributed by atoms with E-state index in [0.717, 1.165) is 29.7 Å². The van der Waals surface area contributed by atoms with Gasteiger partial charge in [-0.3, -0.25) is 0 Å². The lowest BCUT2D eigenvalue weighted by atomic mass is 10.0. The molecule has 0 aliphatic carbocycles. The minimum Gasteiger partial charge on any atom is -0.491 e. The second-order valence-electron chi connectivity index (χ2n) is 7.09. The van der Waals surface area contributed by atoms with Gasteiger partial charge in [0.2, 0.25) is 5.95 Å². The molecule has 0 spiro atoms. The summed E-state index contributed by atoms with van der Waals surface area (Å²) in [6, 6.07) is 10.4. The number of nitrogens with one attached hydrogen (secondary N) is 1. The fourth-order valence-corrected chi connectivity index (χ4v) is 4.23. The number of nitrogens with zero attached hydrogens (tertiary/aromatic N) is 5. The summed E-state index contributed by atoms with van der Waals surface area (Å²) in [4.78, 5) is 27.4. The summed E-state index contributed by atoms with van der Waals surface area (Å²) >= 11 is 1.14. The molecule has 158 valence electrons. The highest BCUT2D eigenvalue weighted by Gasteiger charge is 2.31. The monoisotopic (exact) mass is 436 g/mol. The van der Waals surface area contributed by atoms with Crippen molar-refractivity contribution in [1.82, 2.24) is 15.0 Å². The van der Waals surface area contributed by atoms with Crippen molar-refractivity contribution in [2.45, 2.75) is 25.8 Å². The standard InChI is InChI=1S/C21H20N6O3S/c1-12-5-7-13(8-6-12)15-4-3-9-27(15)20-24-16(19(28)29)17(30-2)18(25-20)26-21-23-11-14(10-22)31-21/h5-8,11,15H,3-4,9H2,1-2H3,(H,28,29)(H,23,24,25,26)/t15-/m0/s1. The molecule has 1 saturated heterocycles. The lowest BCUT2D eigenvalue weighted by molar-refractivity contribution is 0.0686. The van der Waals surface area contributed by atoms with Crippen molar-refractivity contribution in [3.05, 3.63) is 52.2 Å². The van der Waals surface area contributed by atoms with E-state index in [-0.39, 0.29) is 23.3 Å². The number of benzene rings is 1. The lowest BCUT2D eigenvalue weighted by Crippen LogP contribution is -2.26. The van der Waals surface area contributed by atoms with Crippen molar-refractivity contribution in [2.75, 3.05) is 23.9 Å². The Balaban J connectivity index is 1.76. The number of carboxylic acid groups (broad SMARTS) is 1. The maximum Gasteiger partial charge on any atom is 0.358 e. The van der Waals surface area contributed by atoms with Crippen LogP contribution in [-0.2, 0) is 0 Å². The van der Waals surface area contributed by atoms with E-state index >= 15 is 0 Å². The summed E-state index contributed by atoms with van der Waals surface area (Å²) in [6.45, 7) is 2.75. The number of methoxy groups -OCH3 is 1. The normalized spacial score (nSPS) is 15.5. The number of thiazole rings is 1. The third-order valence-electron chi connectivity index (χ3n) is 5.07. The number of ether oxygens (including phenoxy) is 1. The number of hydrogen-bond acceptors (Lipinski definition) is 9. The van der Waals surface area contributed by atoms with E-state index in [9.17, 15) is 9.90 Å². The van der Waals surface area contributed by atoms with Gasteiger partial charge in [-0.15, -0.1) is 0 Å². The molecule has 4 rings (SSSR count). The second-order valence-corrected chi connectivity index (χ2v) is 8.12. The number of aromatic carboxylic acids is 1. The summed E-state index contributed by atoms with van der Waals surface area (Å²) in [5.74, 6) is -0.707. The predicted octanol–water partition coefficient (Wildman–Crippen LogP) is 3.91. The number of rotatable bonds is 6. The number of hydrogen-bond donors (Lipinski definition) is 2. The van der Waals surface area contributed by atoms with E-state index in [4.69, 9.17) is 10.00 Å². The van der Waals surface area contributed by atoms with Crippen LogP contribution in [0.5, 0.6) is 5.75 Å². The Morgan fingerprint density at radius 1 is 1.35 bits per heavy atom. The van der Waals surface area contributed by atoms with Crippen LogP contribution in [0, 0.1) is 18.3 Å². The molecule has 0 amide bonds. The molecule has 3 heterocycles. The van der Waals surface area contributed by atoms with Crippen LogP contribution in [-0.4, -0.2) is 39.7 Å². The Labute approximate surface area is 183 Å².